The minimum atomic E-state index is -1.12. The molecule has 2 amide bonds. The van der Waals surface area contributed by atoms with E-state index in [0.717, 1.165) is 23.1 Å². The fraction of sp³-hybridized carbons (Fsp3) is 0.167. The van der Waals surface area contributed by atoms with Gasteiger partial charge in [0.15, 0.2) is 5.78 Å². The van der Waals surface area contributed by atoms with Crippen molar-refractivity contribution < 1.29 is 23.7 Å². The number of benzene rings is 2. The number of carbonyl (C=O) groups excluding carboxylic acids is 3. The van der Waals surface area contributed by atoms with Crippen molar-refractivity contribution in [2.24, 2.45) is 11.8 Å². The highest BCUT2D eigenvalue weighted by atomic mass is 19.1. The molecule has 3 aliphatic heterocycles. The first-order valence-corrected chi connectivity index (χ1v) is 10.3. The van der Waals surface area contributed by atoms with Gasteiger partial charge in [-0.1, -0.05) is 12.1 Å². The van der Waals surface area contributed by atoms with E-state index < -0.39 is 52.3 Å². The lowest BCUT2D eigenvalue weighted by molar-refractivity contribution is -0.384. The number of halogens is 1. The second kappa shape index (κ2) is 7.74. The second-order valence-electron chi connectivity index (χ2n) is 8.14. The summed E-state index contributed by atoms with van der Waals surface area (Å²) in [7, 11) is 0. The Hall–Kier alpha value is -4.65. The number of nitrogens with zero attached hydrogens (tertiary/aromatic N) is 4. The Balaban J connectivity index is 1.60. The molecule has 2 aromatic rings. The molecule has 10 heteroatoms. The topological polar surface area (TPSA) is 125 Å². The van der Waals surface area contributed by atoms with Gasteiger partial charge in [0, 0.05) is 23.9 Å². The average Bonchev–Trinajstić information content (AvgIpc) is 3.31. The number of Topliss-reactive ketones (excluding diaryl/α,β-unsaturated/α-hetero) is 1. The Morgan fingerprint density at radius 1 is 1.09 bits per heavy atom. The van der Waals surface area contributed by atoms with Crippen LogP contribution in [0, 0.1) is 39.1 Å². The number of hydrogen-bond donors (Lipinski definition) is 0. The van der Waals surface area contributed by atoms with Crippen molar-refractivity contribution in [3.8, 4) is 6.07 Å². The van der Waals surface area contributed by atoms with E-state index in [9.17, 15) is 34.2 Å². The van der Waals surface area contributed by atoms with Crippen LogP contribution in [-0.2, 0) is 9.59 Å². The van der Waals surface area contributed by atoms with Crippen LogP contribution in [0.5, 0.6) is 0 Å². The van der Waals surface area contributed by atoms with Crippen molar-refractivity contribution in [2.45, 2.75) is 12.1 Å². The summed E-state index contributed by atoms with van der Waals surface area (Å²) in [5.74, 6) is -4.32. The number of nitro benzene ring substituents is 1. The first-order valence-electron chi connectivity index (χ1n) is 10.3. The molecule has 2 fully saturated rings. The summed E-state index contributed by atoms with van der Waals surface area (Å²) in [6.45, 7) is 0. The Kier molecular flexibility index (Phi) is 4.83. The normalized spacial score (nSPS) is 25.0. The summed E-state index contributed by atoms with van der Waals surface area (Å²) in [4.78, 5) is 53.6. The number of non-ortho nitro benzene ring substituents is 1. The van der Waals surface area contributed by atoms with E-state index in [1.54, 1.807) is 4.90 Å². The van der Waals surface area contributed by atoms with Gasteiger partial charge in [0.1, 0.15) is 11.9 Å². The zero-order chi connectivity index (χ0) is 24.1. The van der Waals surface area contributed by atoms with Crippen molar-refractivity contribution in [2.75, 3.05) is 4.90 Å². The van der Waals surface area contributed by atoms with E-state index in [0.29, 0.717) is 0 Å². The number of nitriles is 1. The van der Waals surface area contributed by atoms with Gasteiger partial charge in [-0.05, 0) is 36.4 Å². The highest BCUT2D eigenvalue weighted by Crippen LogP contribution is 2.47. The molecule has 0 aromatic heterocycles. The molecule has 0 bridgehead atoms. The Bertz CT molecular complexity index is 1360. The van der Waals surface area contributed by atoms with Gasteiger partial charge in [-0.25, -0.2) is 9.29 Å². The third kappa shape index (κ3) is 3.09. The van der Waals surface area contributed by atoms with E-state index in [2.05, 4.69) is 0 Å². The van der Waals surface area contributed by atoms with Gasteiger partial charge in [-0.2, -0.15) is 5.26 Å². The lowest BCUT2D eigenvalue weighted by Crippen LogP contribution is -2.46. The number of allylic oxidation sites excluding steroid dienone is 2. The Labute approximate surface area is 192 Å². The predicted molar refractivity (Wildman–Crippen MR) is 116 cm³/mol. The van der Waals surface area contributed by atoms with Crippen LogP contribution in [0.4, 0.5) is 15.8 Å². The fourth-order valence-electron chi connectivity index (χ4n) is 4.91. The maximum absolute atomic E-state index is 13.6. The Morgan fingerprint density at radius 3 is 2.47 bits per heavy atom. The standard InChI is InChI=1S/C24H15FN4O5/c25-15-4-6-16(7-5-15)28-23(31)19-18-10-13(12-26)8-9-27(18)21(20(19)24(28)32)22(30)14-2-1-3-17(11-14)29(33)34/h1-11,18-21H/t18-,19+,20+,21+/m1/s1. The van der Waals surface area contributed by atoms with Crippen LogP contribution in [0.2, 0.25) is 0 Å². The fourth-order valence-corrected chi connectivity index (χ4v) is 4.91. The van der Waals surface area contributed by atoms with Gasteiger partial charge >= 0.3 is 0 Å². The Morgan fingerprint density at radius 2 is 1.79 bits per heavy atom. The third-order valence-electron chi connectivity index (χ3n) is 6.37. The molecular weight excluding hydrogens is 443 g/mol. The number of anilines is 1. The summed E-state index contributed by atoms with van der Waals surface area (Å²) >= 11 is 0. The molecule has 0 aliphatic carbocycles. The molecule has 0 spiro atoms. The van der Waals surface area contributed by atoms with Crippen LogP contribution >= 0.6 is 0 Å². The van der Waals surface area contributed by atoms with E-state index in [1.165, 1.54) is 48.7 Å². The number of amides is 2. The lowest BCUT2D eigenvalue weighted by atomic mass is 9.86. The van der Waals surface area contributed by atoms with Crippen LogP contribution in [0.15, 0.2) is 72.5 Å². The monoisotopic (exact) mass is 458 g/mol. The number of fused-ring (bicyclic) bond motifs is 3. The minimum Gasteiger partial charge on any atom is -0.359 e. The zero-order valence-corrected chi connectivity index (χ0v) is 17.4. The smallest absolute Gasteiger partial charge is 0.270 e. The maximum atomic E-state index is 13.6. The molecule has 2 saturated heterocycles. The molecule has 4 atom stereocenters. The molecule has 3 heterocycles. The number of carbonyl (C=O) groups is 3. The van der Waals surface area contributed by atoms with Gasteiger partial charge in [0.2, 0.25) is 11.8 Å². The average molecular weight is 458 g/mol. The molecule has 5 rings (SSSR count). The van der Waals surface area contributed by atoms with Crippen LogP contribution < -0.4 is 4.90 Å². The quantitative estimate of drug-likeness (QED) is 0.299. The van der Waals surface area contributed by atoms with Crippen molar-refractivity contribution in [3.63, 3.8) is 0 Å². The molecule has 3 aliphatic rings. The zero-order valence-electron chi connectivity index (χ0n) is 17.4. The van der Waals surface area contributed by atoms with E-state index in [-0.39, 0.29) is 22.5 Å². The van der Waals surface area contributed by atoms with Gasteiger partial charge in [0.25, 0.3) is 5.69 Å². The van der Waals surface area contributed by atoms with Gasteiger partial charge in [-0.15, -0.1) is 0 Å². The molecule has 0 N–H and O–H groups in total. The van der Waals surface area contributed by atoms with E-state index in [1.807, 2.05) is 6.07 Å². The van der Waals surface area contributed by atoms with E-state index in [4.69, 9.17) is 0 Å². The lowest BCUT2D eigenvalue weighted by Gasteiger charge is -2.32. The summed E-state index contributed by atoms with van der Waals surface area (Å²) < 4.78 is 13.4. The van der Waals surface area contributed by atoms with Crippen molar-refractivity contribution in [1.29, 1.82) is 5.26 Å². The first-order chi connectivity index (χ1) is 16.3. The summed E-state index contributed by atoms with van der Waals surface area (Å²) in [6, 6.07) is 10.2. The summed E-state index contributed by atoms with van der Waals surface area (Å²) in [5.41, 5.74) is 0.209. The summed E-state index contributed by atoms with van der Waals surface area (Å²) in [6.07, 6.45) is 4.53. The number of nitro groups is 1. The van der Waals surface area contributed by atoms with E-state index >= 15 is 0 Å². The maximum Gasteiger partial charge on any atom is 0.270 e. The molecule has 0 radical (unpaired) electrons. The van der Waals surface area contributed by atoms with Gasteiger partial charge < -0.3 is 4.90 Å². The van der Waals surface area contributed by atoms with Crippen LogP contribution in [0.3, 0.4) is 0 Å². The molecule has 0 unspecified atom stereocenters. The second-order valence-corrected chi connectivity index (χ2v) is 8.14. The van der Waals surface area contributed by atoms with Crippen molar-refractivity contribution in [3.05, 3.63) is 94.0 Å². The molecule has 0 saturated carbocycles. The molecule has 9 nitrogen and oxygen atoms in total. The number of hydrogen-bond acceptors (Lipinski definition) is 7. The van der Waals surface area contributed by atoms with Crippen LogP contribution in [-0.4, -0.2) is 39.5 Å². The highest BCUT2D eigenvalue weighted by molar-refractivity contribution is 6.24. The predicted octanol–water partition coefficient (Wildman–Crippen LogP) is 2.75. The molecule has 168 valence electrons. The van der Waals surface area contributed by atoms with Crippen molar-refractivity contribution >= 4 is 29.0 Å². The minimum absolute atomic E-state index is 0.0301. The number of imide groups is 1. The highest BCUT2D eigenvalue weighted by Gasteiger charge is 2.63. The first kappa shape index (κ1) is 21.2. The number of rotatable bonds is 4. The largest absolute Gasteiger partial charge is 0.359 e. The van der Waals surface area contributed by atoms with Crippen molar-refractivity contribution in [1.82, 2.24) is 4.90 Å². The SMILES string of the molecule is N#CC1=C[C@@H]2[C@@H]3C(=O)N(c4ccc(F)cc4)C(=O)[C@@H]3[C@@H](C(=O)c3cccc([N+](=O)[O-])c3)N2C=C1. The van der Waals surface area contributed by atoms with Crippen LogP contribution in [0.1, 0.15) is 10.4 Å². The third-order valence-corrected chi connectivity index (χ3v) is 6.37. The van der Waals surface area contributed by atoms with Crippen LogP contribution in [0.25, 0.3) is 0 Å². The van der Waals surface area contributed by atoms with Gasteiger partial charge in [-0.3, -0.25) is 24.5 Å². The molecule has 2 aromatic carbocycles. The number of ketones is 1. The molecule has 34 heavy (non-hydrogen) atoms. The summed E-state index contributed by atoms with van der Waals surface area (Å²) in [5, 5.41) is 20.5. The molecular formula is C24H15FN4O5. The van der Waals surface area contributed by atoms with Gasteiger partial charge in [0.05, 0.1) is 40.1 Å².